The minimum absolute atomic E-state index is 0.456. The molecule has 3 nitrogen and oxygen atoms in total. The quantitative estimate of drug-likeness (QED) is 0.0951. The van der Waals surface area contributed by atoms with E-state index in [-0.39, 0.29) is 0 Å². The van der Waals surface area contributed by atoms with E-state index in [1.807, 2.05) is 72.0 Å². The fourth-order valence-corrected chi connectivity index (χ4v) is 9.84. The highest BCUT2D eigenvalue weighted by Crippen LogP contribution is 2.46. The normalized spacial score (nSPS) is 13.2. The molecular formula is C42H29IN2OS. The molecule has 0 aliphatic carbocycles. The molecule has 5 heteroatoms. The molecular weight excluding hydrogens is 707 g/mol. The van der Waals surface area contributed by atoms with Crippen LogP contribution < -0.4 is 4.74 Å². The minimum atomic E-state index is -0.456. The number of amidine groups is 1. The van der Waals surface area contributed by atoms with E-state index in [0.29, 0.717) is 11.5 Å². The molecule has 2 heterocycles. The number of benzene rings is 6. The first-order valence-electron chi connectivity index (χ1n) is 15.4. The summed E-state index contributed by atoms with van der Waals surface area (Å²) in [5.41, 5.74) is 8.30. The number of aliphatic imine (C=N–C) groups is 2. The number of hydrogen-bond donors (Lipinski definition) is 0. The van der Waals surface area contributed by atoms with Crippen molar-refractivity contribution in [3.05, 3.63) is 178 Å². The molecule has 1 aliphatic heterocycles. The molecule has 226 valence electrons. The van der Waals surface area contributed by atoms with Gasteiger partial charge in [0.15, 0.2) is 9.53 Å². The molecule has 0 atom stereocenters. The molecule has 1 aromatic heterocycles. The van der Waals surface area contributed by atoms with Crippen LogP contribution in [0.3, 0.4) is 0 Å². The molecule has 6 aromatic carbocycles. The molecule has 7 aromatic rings. The van der Waals surface area contributed by atoms with Gasteiger partial charge in [-0.2, -0.15) is 0 Å². The molecule has 0 unspecified atom stereocenters. The van der Waals surface area contributed by atoms with Gasteiger partial charge in [-0.15, -0.1) is 11.3 Å². The minimum Gasteiger partial charge on any atom is -0.450 e. The first-order valence-corrected chi connectivity index (χ1v) is 18.4. The predicted molar refractivity (Wildman–Crippen MR) is 209 cm³/mol. The van der Waals surface area contributed by atoms with Gasteiger partial charge < -0.3 is 4.74 Å². The third kappa shape index (κ3) is 5.77. The zero-order valence-corrected chi connectivity index (χ0v) is 28.6. The van der Waals surface area contributed by atoms with Crippen LogP contribution in [-0.2, 0) is 0 Å². The van der Waals surface area contributed by atoms with Crippen LogP contribution >= 0.6 is 32.1 Å². The summed E-state index contributed by atoms with van der Waals surface area (Å²) in [4.78, 5) is 9.98. The van der Waals surface area contributed by atoms with E-state index in [0.717, 1.165) is 31.8 Å². The Labute approximate surface area is 288 Å². The summed E-state index contributed by atoms with van der Waals surface area (Å²) >= 11 is 1.37. The molecule has 0 amide bonds. The van der Waals surface area contributed by atoms with Gasteiger partial charge in [0.05, 0.1) is 9.27 Å². The number of rotatable bonds is 6. The number of fused-ring (bicyclic) bond motifs is 4. The lowest BCUT2D eigenvalue weighted by molar-refractivity contribution is 0.567. The van der Waals surface area contributed by atoms with Gasteiger partial charge in [-0.3, -0.25) is 0 Å². The van der Waals surface area contributed by atoms with Gasteiger partial charge in [-0.05, 0) is 68.1 Å². The second kappa shape index (κ2) is 12.7. The number of thiophene rings is 1. The fraction of sp³-hybridized carbons (Fsp3) is 0.0238. The van der Waals surface area contributed by atoms with Gasteiger partial charge in [-0.1, -0.05) is 134 Å². The van der Waals surface area contributed by atoms with Gasteiger partial charge in [0.25, 0.3) is 0 Å². The third-order valence-electron chi connectivity index (χ3n) is 8.20. The topological polar surface area (TPSA) is 34.0 Å². The number of hydrogen-bond acceptors (Lipinski definition) is 3. The lowest BCUT2D eigenvalue weighted by Crippen LogP contribution is -2.04. The van der Waals surface area contributed by atoms with Crippen molar-refractivity contribution >= 4 is 73.2 Å². The number of halogens is 1. The average Bonchev–Trinajstić information content (AvgIpc) is 3.74. The predicted octanol–water partition coefficient (Wildman–Crippen LogP) is 11.4. The molecule has 0 saturated carbocycles. The molecule has 47 heavy (non-hydrogen) atoms. The van der Waals surface area contributed by atoms with Crippen LogP contribution in [0.4, 0.5) is 0 Å². The Morgan fingerprint density at radius 3 is 2.09 bits per heavy atom. The van der Waals surface area contributed by atoms with Crippen LogP contribution in [0, 0.1) is 3.57 Å². The van der Waals surface area contributed by atoms with Crippen molar-refractivity contribution in [2.24, 2.45) is 9.98 Å². The van der Waals surface area contributed by atoms with E-state index < -0.39 is 20.7 Å². The Balaban J connectivity index is 1.20. The van der Waals surface area contributed by atoms with E-state index >= 15 is 0 Å². The van der Waals surface area contributed by atoms with Gasteiger partial charge in [0.1, 0.15) is 5.75 Å². The highest BCUT2D eigenvalue weighted by Gasteiger charge is 2.22. The second-order valence-electron chi connectivity index (χ2n) is 11.3. The van der Waals surface area contributed by atoms with Gasteiger partial charge >= 0.3 is 0 Å². The molecule has 1 aliphatic rings. The highest BCUT2D eigenvalue weighted by molar-refractivity contribution is 14.2. The summed E-state index contributed by atoms with van der Waals surface area (Å²) in [6.45, 7) is 6.30. The summed E-state index contributed by atoms with van der Waals surface area (Å²) in [5.74, 6) is 1.64. The maximum absolute atomic E-state index is 6.43. The Morgan fingerprint density at radius 1 is 0.638 bits per heavy atom. The van der Waals surface area contributed by atoms with Gasteiger partial charge in [-0.25, -0.2) is 9.98 Å². The van der Waals surface area contributed by atoms with E-state index in [1.54, 1.807) is 0 Å². The van der Waals surface area contributed by atoms with Crippen LogP contribution in [-0.4, -0.2) is 15.2 Å². The molecule has 0 spiro atoms. The van der Waals surface area contributed by atoms with Crippen LogP contribution in [0.2, 0.25) is 0 Å². The molecule has 0 bridgehead atoms. The average molecular weight is 737 g/mol. The monoisotopic (exact) mass is 736 g/mol. The van der Waals surface area contributed by atoms with Crippen molar-refractivity contribution < 1.29 is 4.74 Å². The number of ether oxygens (including phenoxy) is 1. The Hall–Kier alpha value is -4.98. The molecule has 8 rings (SSSR count). The van der Waals surface area contributed by atoms with E-state index in [4.69, 9.17) is 14.7 Å². The molecule has 0 fully saturated rings. The van der Waals surface area contributed by atoms with E-state index in [9.17, 15) is 0 Å². The molecule has 0 radical (unpaired) electrons. The largest absolute Gasteiger partial charge is 0.450 e. The van der Waals surface area contributed by atoms with Crippen LogP contribution in [0.25, 0.3) is 37.0 Å². The van der Waals surface area contributed by atoms with Crippen molar-refractivity contribution in [3.63, 3.8) is 0 Å². The summed E-state index contributed by atoms with van der Waals surface area (Å²) < 4.78 is 11.4. The summed E-state index contributed by atoms with van der Waals surface area (Å²) in [7, 11) is 0. The summed E-state index contributed by atoms with van der Waals surface area (Å²) in [5, 5.41) is 2.55. The zero-order valence-electron chi connectivity index (χ0n) is 25.7. The van der Waals surface area contributed by atoms with Crippen molar-refractivity contribution in [3.8, 4) is 16.9 Å². The SMILES string of the molecule is C=C(N=C(N=C(C)c1ccc2c(c1)sc1cccc(-c3cccc4c3I=C(c3ccccc3)O4)c12)c1ccccc1)c1ccccc1. The lowest BCUT2D eigenvalue weighted by Gasteiger charge is -2.09. The van der Waals surface area contributed by atoms with Gasteiger partial charge in [0.2, 0.25) is 0 Å². The zero-order chi connectivity index (χ0) is 31.7. The first kappa shape index (κ1) is 29.4. The Bertz CT molecular complexity index is 2390. The van der Waals surface area contributed by atoms with Gasteiger partial charge in [0, 0.05) is 37.0 Å². The van der Waals surface area contributed by atoms with Crippen molar-refractivity contribution in [2.45, 2.75) is 6.92 Å². The second-order valence-corrected chi connectivity index (χ2v) is 14.9. The van der Waals surface area contributed by atoms with E-state index in [1.165, 1.54) is 40.4 Å². The lowest BCUT2D eigenvalue weighted by atomic mass is 9.98. The first-order chi connectivity index (χ1) is 23.1. The maximum Gasteiger partial charge on any atom is 0.166 e. The molecule has 0 saturated heterocycles. The standard InChI is InChI=1S/C42H29IN2OS/c1-27(29-14-6-3-7-15-29)44-42(31-18-10-5-11-19-31)45-28(2)32-24-25-35-38(26-32)47-37-23-13-20-33(39(35)37)34-21-12-22-36-40(34)43-41(46-36)30-16-8-4-9-17-30/h3-26H,1H2,2H3. The maximum atomic E-state index is 6.43. The smallest absolute Gasteiger partial charge is 0.166 e. The van der Waals surface area contributed by atoms with E-state index in [2.05, 4.69) is 98.4 Å². The third-order valence-corrected chi connectivity index (χ3v) is 12.3. The van der Waals surface area contributed by atoms with Crippen molar-refractivity contribution in [2.75, 3.05) is 0 Å². The molecule has 0 N–H and O–H groups in total. The van der Waals surface area contributed by atoms with Crippen LogP contribution in [0.5, 0.6) is 5.75 Å². The number of nitrogens with zero attached hydrogens (tertiary/aromatic N) is 2. The Kier molecular flexibility index (Phi) is 7.93. The van der Waals surface area contributed by atoms with Crippen LogP contribution in [0.15, 0.2) is 162 Å². The summed E-state index contributed by atoms with van der Waals surface area (Å²) in [6, 6.07) is 50.5. The Morgan fingerprint density at radius 2 is 1.32 bits per heavy atom. The van der Waals surface area contributed by atoms with Crippen molar-refractivity contribution in [1.29, 1.82) is 0 Å². The van der Waals surface area contributed by atoms with Crippen LogP contribution in [0.1, 0.15) is 29.2 Å². The fourth-order valence-electron chi connectivity index (χ4n) is 5.84. The van der Waals surface area contributed by atoms with Crippen molar-refractivity contribution in [1.82, 2.24) is 0 Å². The highest BCUT2D eigenvalue weighted by atomic mass is 127. The summed E-state index contributed by atoms with van der Waals surface area (Å²) in [6.07, 6.45) is 0.